The lowest BCUT2D eigenvalue weighted by Crippen LogP contribution is -2.32. The number of nitrogens with one attached hydrogen (secondary N) is 1. The van der Waals surface area contributed by atoms with Gasteiger partial charge in [0.05, 0.1) is 5.69 Å². The van der Waals surface area contributed by atoms with E-state index in [9.17, 15) is 9.59 Å². The van der Waals surface area contributed by atoms with E-state index >= 15 is 0 Å². The van der Waals surface area contributed by atoms with Gasteiger partial charge in [0.2, 0.25) is 0 Å². The first kappa shape index (κ1) is 20.5. The summed E-state index contributed by atoms with van der Waals surface area (Å²) in [5.74, 6) is -0.808. The van der Waals surface area contributed by atoms with Crippen LogP contribution in [0.2, 0.25) is 10.0 Å². The molecule has 0 atom stereocenters. The first-order valence-corrected chi connectivity index (χ1v) is 10.7. The predicted molar refractivity (Wildman–Crippen MR) is 123 cm³/mol. The van der Waals surface area contributed by atoms with Crippen LogP contribution in [-0.2, 0) is 9.59 Å². The van der Waals surface area contributed by atoms with Crippen molar-refractivity contribution in [3.63, 3.8) is 0 Å². The Hall–Kier alpha value is -2.73. The van der Waals surface area contributed by atoms with Gasteiger partial charge in [-0.1, -0.05) is 47.1 Å². The van der Waals surface area contributed by atoms with Crippen LogP contribution in [0, 0.1) is 6.92 Å². The summed E-state index contributed by atoms with van der Waals surface area (Å²) in [5.41, 5.74) is 2.47. The average Bonchev–Trinajstić information content (AvgIpc) is 2.94. The van der Waals surface area contributed by atoms with Crippen molar-refractivity contribution in [1.82, 2.24) is 0 Å². The van der Waals surface area contributed by atoms with Gasteiger partial charge in [-0.2, -0.15) is 0 Å². The standard InChI is InChI=1S/C23H16Cl2N2O2S/c1-14-3-2-4-17(13-14)26-20-21(30-19-11-7-16(25)8-12-19)23(29)27(22(20)28)18-9-5-15(24)6-10-18/h2-13,26H,1H3. The zero-order chi connectivity index (χ0) is 21.3. The first-order chi connectivity index (χ1) is 14.4. The molecule has 0 bridgehead atoms. The Morgan fingerprint density at radius 2 is 1.47 bits per heavy atom. The van der Waals surface area contributed by atoms with Gasteiger partial charge in [0.1, 0.15) is 10.6 Å². The molecule has 4 rings (SSSR count). The second-order valence-electron chi connectivity index (χ2n) is 6.68. The summed E-state index contributed by atoms with van der Waals surface area (Å²) in [6.07, 6.45) is 0. The van der Waals surface area contributed by atoms with Crippen LogP contribution in [-0.4, -0.2) is 11.8 Å². The second kappa shape index (κ2) is 8.56. The highest BCUT2D eigenvalue weighted by molar-refractivity contribution is 8.04. The number of hydrogen-bond acceptors (Lipinski definition) is 4. The van der Waals surface area contributed by atoms with Crippen molar-refractivity contribution in [2.45, 2.75) is 11.8 Å². The van der Waals surface area contributed by atoms with Crippen LogP contribution >= 0.6 is 35.0 Å². The maximum Gasteiger partial charge on any atom is 0.283 e. The van der Waals surface area contributed by atoms with E-state index in [1.54, 1.807) is 36.4 Å². The lowest BCUT2D eigenvalue weighted by Gasteiger charge is -2.15. The largest absolute Gasteiger partial charge is 0.350 e. The Morgan fingerprint density at radius 1 is 0.833 bits per heavy atom. The molecule has 1 aliphatic rings. The highest BCUT2D eigenvalue weighted by Gasteiger charge is 2.40. The minimum atomic E-state index is -0.416. The quantitative estimate of drug-likeness (QED) is 0.460. The number of imide groups is 1. The molecule has 0 saturated carbocycles. The Bertz CT molecular complexity index is 1160. The van der Waals surface area contributed by atoms with Crippen LogP contribution in [0.3, 0.4) is 0 Å². The highest BCUT2D eigenvalue weighted by atomic mass is 35.5. The molecule has 3 aromatic carbocycles. The molecule has 1 heterocycles. The van der Waals surface area contributed by atoms with E-state index < -0.39 is 11.8 Å². The molecule has 0 aromatic heterocycles. The Morgan fingerprint density at radius 3 is 2.10 bits per heavy atom. The molecule has 1 aliphatic heterocycles. The number of anilines is 2. The van der Waals surface area contributed by atoms with Crippen LogP contribution in [0.5, 0.6) is 0 Å². The van der Waals surface area contributed by atoms with Crippen LogP contribution in [0.4, 0.5) is 11.4 Å². The van der Waals surface area contributed by atoms with Crippen molar-refractivity contribution >= 4 is 58.2 Å². The third-order valence-corrected chi connectivity index (χ3v) is 6.04. The zero-order valence-electron chi connectivity index (χ0n) is 15.9. The number of halogens is 2. The predicted octanol–water partition coefficient (Wildman–Crippen LogP) is 6.29. The number of hydrogen-bond donors (Lipinski definition) is 1. The summed E-state index contributed by atoms with van der Waals surface area (Å²) < 4.78 is 0. The van der Waals surface area contributed by atoms with Crippen molar-refractivity contribution in [3.05, 3.63) is 99.0 Å². The third kappa shape index (κ3) is 4.24. The van der Waals surface area contributed by atoms with Gasteiger partial charge in [0.25, 0.3) is 11.8 Å². The molecule has 2 amide bonds. The maximum atomic E-state index is 13.3. The van der Waals surface area contributed by atoms with Gasteiger partial charge in [-0.05, 0) is 73.2 Å². The lowest BCUT2D eigenvalue weighted by atomic mass is 10.2. The number of carbonyl (C=O) groups excluding carboxylic acids is 2. The van der Waals surface area contributed by atoms with E-state index in [4.69, 9.17) is 23.2 Å². The first-order valence-electron chi connectivity index (χ1n) is 9.08. The number of rotatable bonds is 5. The fraction of sp³-hybridized carbons (Fsp3) is 0.0435. The summed E-state index contributed by atoms with van der Waals surface area (Å²) in [4.78, 5) is 28.8. The molecule has 0 radical (unpaired) electrons. The lowest BCUT2D eigenvalue weighted by molar-refractivity contribution is -0.120. The third-order valence-electron chi connectivity index (χ3n) is 4.45. The highest BCUT2D eigenvalue weighted by Crippen LogP contribution is 2.38. The molecule has 0 unspecified atom stereocenters. The molecule has 0 spiro atoms. The van der Waals surface area contributed by atoms with Crippen LogP contribution in [0.15, 0.2) is 88.3 Å². The van der Waals surface area contributed by atoms with Gasteiger partial charge < -0.3 is 5.32 Å². The molecule has 0 aliphatic carbocycles. The normalized spacial score (nSPS) is 13.9. The second-order valence-corrected chi connectivity index (χ2v) is 8.63. The zero-order valence-corrected chi connectivity index (χ0v) is 18.2. The topological polar surface area (TPSA) is 49.4 Å². The molecule has 150 valence electrons. The minimum Gasteiger partial charge on any atom is -0.350 e. The summed E-state index contributed by atoms with van der Waals surface area (Å²) in [5, 5.41) is 4.28. The monoisotopic (exact) mass is 454 g/mol. The molecular weight excluding hydrogens is 439 g/mol. The van der Waals surface area contributed by atoms with E-state index in [-0.39, 0.29) is 5.70 Å². The number of thioether (sulfide) groups is 1. The molecule has 7 heteroatoms. The number of aryl methyl sites for hydroxylation is 1. The molecule has 0 saturated heterocycles. The van der Waals surface area contributed by atoms with E-state index in [2.05, 4.69) is 5.32 Å². The van der Waals surface area contributed by atoms with Crippen molar-refractivity contribution in [2.75, 3.05) is 10.2 Å². The van der Waals surface area contributed by atoms with Gasteiger partial charge in [0, 0.05) is 20.6 Å². The van der Waals surface area contributed by atoms with Crippen molar-refractivity contribution in [2.24, 2.45) is 0 Å². The smallest absolute Gasteiger partial charge is 0.283 e. The van der Waals surface area contributed by atoms with E-state index in [1.165, 1.54) is 11.8 Å². The Labute approximate surface area is 188 Å². The van der Waals surface area contributed by atoms with Gasteiger partial charge in [-0.3, -0.25) is 9.59 Å². The van der Waals surface area contributed by atoms with E-state index in [0.717, 1.165) is 21.0 Å². The Balaban J connectivity index is 1.74. The minimum absolute atomic E-state index is 0.237. The molecule has 3 aromatic rings. The fourth-order valence-electron chi connectivity index (χ4n) is 3.03. The fourth-order valence-corrected chi connectivity index (χ4v) is 4.21. The van der Waals surface area contributed by atoms with Crippen LogP contribution in [0.1, 0.15) is 5.56 Å². The van der Waals surface area contributed by atoms with Crippen LogP contribution in [0.25, 0.3) is 0 Å². The molecule has 0 fully saturated rings. The Kier molecular flexibility index (Phi) is 5.86. The average molecular weight is 455 g/mol. The van der Waals surface area contributed by atoms with Gasteiger partial charge in [-0.25, -0.2) is 4.90 Å². The number of nitrogens with zero attached hydrogens (tertiary/aromatic N) is 1. The van der Waals surface area contributed by atoms with Gasteiger partial charge in [0.15, 0.2) is 0 Å². The summed E-state index contributed by atoms with van der Waals surface area (Å²) in [7, 11) is 0. The van der Waals surface area contributed by atoms with Gasteiger partial charge in [-0.15, -0.1) is 0 Å². The van der Waals surface area contributed by atoms with Gasteiger partial charge >= 0.3 is 0 Å². The van der Waals surface area contributed by atoms with E-state index in [1.807, 2.05) is 43.3 Å². The summed E-state index contributed by atoms with van der Waals surface area (Å²) in [6, 6.07) is 21.3. The SMILES string of the molecule is Cc1cccc(NC2=C(Sc3ccc(Cl)cc3)C(=O)N(c3ccc(Cl)cc3)C2=O)c1. The van der Waals surface area contributed by atoms with Crippen molar-refractivity contribution < 1.29 is 9.59 Å². The number of amides is 2. The molecule has 1 N–H and O–H groups in total. The summed E-state index contributed by atoms with van der Waals surface area (Å²) >= 11 is 13.2. The van der Waals surface area contributed by atoms with Crippen LogP contribution < -0.4 is 10.2 Å². The molecular formula is C23H16Cl2N2O2S. The number of carbonyl (C=O) groups is 2. The summed E-state index contributed by atoms with van der Waals surface area (Å²) in [6.45, 7) is 1.96. The maximum absolute atomic E-state index is 13.3. The number of benzene rings is 3. The van der Waals surface area contributed by atoms with Crippen molar-refractivity contribution in [3.8, 4) is 0 Å². The molecule has 30 heavy (non-hydrogen) atoms. The van der Waals surface area contributed by atoms with E-state index in [0.29, 0.717) is 20.6 Å². The molecule has 4 nitrogen and oxygen atoms in total. The van der Waals surface area contributed by atoms with Crippen molar-refractivity contribution in [1.29, 1.82) is 0 Å².